The molecule has 0 radical (unpaired) electrons. The molecule has 0 aromatic heterocycles. The molecule has 1 atom stereocenters. The molecule has 0 bridgehead atoms. The van der Waals surface area contributed by atoms with Crippen LogP contribution in [0.4, 0.5) is 10.1 Å². The third-order valence-corrected chi connectivity index (χ3v) is 6.85. The van der Waals surface area contributed by atoms with Gasteiger partial charge in [-0.3, -0.25) is 24.6 Å². The van der Waals surface area contributed by atoms with Gasteiger partial charge in [0, 0.05) is 55.0 Å². The van der Waals surface area contributed by atoms with Gasteiger partial charge in [0.05, 0.1) is 19.3 Å². The Kier molecular flexibility index (Phi) is 8.30. The van der Waals surface area contributed by atoms with Crippen LogP contribution in [0.15, 0.2) is 36.4 Å². The van der Waals surface area contributed by atoms with Crippen LogP contribution >= 0.6 is 0 Å². The van der Waals surface area contributed by atoms with Gasteiger partial charge in [0.2, 0.25) is 11.8 Å². The zero-order valence-corrected chi connectivity index (χ0v) is 20.6. The number of aliphatic hydroxyl groups is 2. The molecule has 0 saturated carbocycles. The molecule has 2 heterocycles. The fourth-order valence-corrected chi connectivity index (χ4v) is 4.67. The lowest BCUT2D eigenvalue weighted by Crippen LogP contribution is -2.51. The number of carbonyl (C=O) groups excluding carboxylic acids is 3. The number of rotatable bonds is 9. The Morgan fingerprint density at radius 2 is 2.00 bits per heavy atom. The van der Waals surface area contributed by atoms with Gasteiger partial charge in [-0.1, -0.05) is 24.3 Å². The minimum absolute atomic E-state index is 0.0187. The Hall–Kier alpha value is -3.22. The monoisotopic (exact) mass is 514 g/mol. The molecule has 0 spiro atoms. The van der Waals surface area contributed by atoms with Crippen molar-refractivity contribution in [3.8, 4) is 0 Å². The van der Waals surface area contributed by atoms with Crippen molar-refractivity contribution < 1.29 is 33.7 Å². The molecule has 11 heteroatoms. The van der Waals surface area contributed by atoms with Crippen LogP contribution in [0.1, 0.15) is 39.9 Å². The molecular weight excluding hydrogens is 483 g/mol. The maximum atomic E-state index is 15.0. The largest absolute Gasteiger partial charge is 0.381 e. The predicted molar refractivity (Wildman–Crippen MR) is 132 cm³/mol. The Labute approximate surface area is 214 Å². The van der Waals surface area contributed by atoms with Gasteiger partial charge in [0.1, 0.15) is 12.1 Å². The average Bonchev–Trinajstić information content (AvgIpc) is 2.88. The molecule has 0 aliphatic carbocycles. The number of imide groups is 1. The maximum Gasteiger partial charge on any atom is 0.253 e. The van der Waals surface area contributed by atoms with Gasteiger partial charge in [-0.2, -0.15) is 0 Å². The molecule has 2 aromatic rings. The lowest BCUT2D eigenvalue weighted by molar-refractivity contribution is -0.287. The molecule has 2 aliphatic heterocycles. The fraction of sp³-hybridized carbons (Fsp3) is 0.423. The number of benzene rings is 2. The van der Waals surface area contributed by atoms with E-state index >= 15 is 0 Å². The first-order valence-electron chi connectivity index (χ1n) is 12.1. The third kappa shape index (κ3) is 6.03. The van der Waals surface area contributed by atoms with Crippen LogP contribution in [-0.2, 0) is 33.3 Å². The Bertz CT molecular complexity index is 1170. The number of halogens is 1. The first-order valence-corrected chi connectivity index (χ1v) is 12.1. The van der Waals surface area contributed by atoms with Crippen molar-refractivity contribution in [1.29, 1.82) is 0 Å². The number of ether oxygens (including phenoxy) is 1. The van der Waals surface area contributed by atoms with Crippen molar-refractivity contribution in [3.63, 3.8) is 0 Å². The molecule has 2 aromatic carbocycles. The van der Waals surface area contributed by atoms with Gasteiger partial charge in [-0.15, -0.1) is 0 Å². The molecule has 4 N–H and O–H groups in total. The number of hydrogen-bond donors (Lipinski definition) is 4. The molecule has 1 unspecified atom stereocenters. The van der Waals surface area contributed by atoms with E-state index in [1.807, 2.05) is 0 Å². The van der Waals surface area contributed by atoms with Gasteiger partial charge in [-0.05, 0) is 31.2 Å². The van der Waals surface area contributed by atoms with Crippen molar-refractivity contribution in [2.75, 3.05) is 38.7 Å². The summed E-state index contributed by atoms with van der Waals surface area (Å²) in [7, 11) is 1.74. The molecule has 10 nitrogen and oxygen atoms in total. The molecule has 2 aliphatic rings. The second kappa shape index (κ2) is 11.4. The number of piperidine rings is 1. The quantitative estimate of drug-likeness (QED) is 0.219. The average molecular weight is 515 g/mol. The molecule has 2 amide bonds. The number of nitrogens with zero attached hydrogens (tertiary/aromatic N) is 2. The second-order valence-electron chi connectivity index (χ2n) is 9.27. The lowest BCUT2D eigenvalue weighted by atomic mass is 10.0. The SMILES string of the molecule is CN(Cc1c(C=O)cccc1NCc1ccc(C(O)(O)N2CCOCC2)cc1F)C1CCC(=O)NC1=O. The van der Waals surface area contributed by atoms with E-state index in [4.69, 9.17) is 4.74 Å². The molecule has 2 saturated heterocycles. The second-order valence-corrected chi connectivity index (χ2v) is 9.27. The Morgan fingerprint density at radius 3 is 2.68 bits per heavy atom. The van der Waals surface area contributed by atoms with Gasteiger partial charge in [-0.25, -0.2) is 9.29 Å². The van der Waals surface area contributed by atoms with Gasteiger partial charge >= 0.3 is 0 Å². The molecule has 4 rings (SSSR count). The minimum atomic E-state index is -2.32. The number of nitrogens with one attached hydrogen (secondary N) is 2. The number of hydrogen-bond acceptors (Lipinski definition) is 9. The topological polar surface area (TPSA) is 131 Å². The van der Waals surface area contributed by atoms with Crippen molar-refractivity contribution in [2.45, 2.75) is 37.9 Å². The molecule has 37 heavy (non-hydrogen) atoms. The van der Waals surface area contributed by atoms with Crippen molar-refractivity contribution in [3.05, 3.63) is 64.5 Å². The molecular formula is C26H31FN4O6. The van der Waals surface area contributed by atoms with E-state index < -0.39 is 17.8 Å². The summed E-state index contributed by atoms with van der Waals surface area (Å²) in [6.07, 6.45) is 1.35. The van der Waals surface area contributed by atoms with E-state index in [-0.39, 0.29) is 36.9 Å². The van der Waals surface area contributed by atoms with Crippen LogP contribution in [0.25, 0.3) is 0 Å². The molecule has 2 fully saturated rings. The predicted octanol–water partition coefficient (Wildman–Crippen LogP) is 0.914. The highest BCUT2D eigenvalue weighted by atomic mass is 19.1. The summed E-state index contributed by atoms with van der Waals surface area (Å²) in [5, 5.41) is 26.7. The number of anilines is 1. The zero-order valence-electron chi connectivity index (χ0n) is 20.6. The number of aldehydes is 1. The Morgan fingerprint density at radius 1 is 1.24 bits per heavy atom. The van der Waals surface area contributed by atoms with Crippen LogP contribution in [0.3, 0.4) is 0 Å². The van der Waals surface area contributed by atoms with E-state index in [0.29, 0.717) is 55.1 Å². The van der Waals surface area contributed by atoms with Gasteiger partial charge in [0.15, 0.2) is 0 Å². The highest BCUT2D eigenvalue weighted by Crippen LogP contribution is 2.27. The summed E-state index contributed by atoms with van der Waals surface area (Å²) in [6.45, 7) is 1.65. The van der Waals surface area contributed by atoms with Crippen molar-refractivity contribution in [2.24, 2.45) is 0 Å². The highest BCUT2D eigenvalue weighted by molar-refractivity contribution is 6.00. The number of morpholine rings is 1. The van der Waals surface area contributed by atoms with Crippen LogP contribution in [0.5, 0.6) is 0 Å². The van der Waals surface area contributed by atoms with Crippen LogP contribution < -0.4 is 10.6 Å². The minimum Gasteiger partial charge on any atom is -0.381 e. The van der Waals surface area contributed by atoms with Crippen LogP contribution in [0.2, 0.25) is 0 Å². The summed E-state index contributed by atoms with van der Waals surface area (Å²) < 4.78 is 20.2. The number of amides is 2. The lowest BCUT2D eigenvalue weighted by Gasteiger charge is -2.37. The van der Waals surface area contributed by atoms with Gasteiger partial charge < -0.3 is 20.3 Å². The van der Waals surface area contributed by atoms with Crippen molar-refractivity contribution in [1.82, 2.24) is 15.1 Å². The van der Waals surface area contributed by atoms with E-state index in [1.165, 1.54) is 17.0 Å². The highest BCUT2D eigenvalue weighted by Gasteiger charge is 2.35. The van der Waals surface area contributed by atoms with E-state index in [2.05, 4.69) is 10.6 Å². The van der Waals surface area contributed by atoms with Gasteiger partial charge in [0.25, 0.3) is 5.91 Å². The Balaban J connectivity index is 1.49. The summed E-state index contributed by atoms with van der Waals surface area (Å²) in [5.74, 6) is -3.61. The van der Waals surface area contributed by atoms with Crippen LogP contribution in [0, 0.1) is 5.82 Å². The van der Waals surface area contributed by atoms with Crippen molar-refractivity contribution >= 4 is 23.8 Å². The third-order valence-electron chi connectivity index (χ3n) is 6.85. The number of carbonyl (C=O) groups is 3. The standard InChI is InChI=1S/C26H31FN4O6/c1-30(23-7-8-24(33)29-25(23)34)15-20-18(16-32)3-2-4-22(20)28-14-17-5-6-19(13-21(17)27)26(35,36)31-9-11-37-12-10-31/h2-6,13,16,23,28,35-36H,7-12,14-15H2,1H3,(H,29,33,34). The smallest absolute Gasteiger partial charge is 0.253 e. The fourth-order valence-electron chi connectivity index (χ4n) is 4.67. The summed E-state index contributed by atoms with van der Waals surface area (Å²) in [6, 6.07) is 8.67. The normalized spacial score (nSPS) is 19.1. The van der Waals surface area contributed by atoms with Crippen LogP contribution in [-0.4, -0.2) is 77.5 Å². The number of likely N-dealkylation sites (N-methyl/N-ethyl adjacent to an activating group) is 1. The van der Waals surface area contributed by atoms with E-state index in [1.54, 1.807) is 30.1 Å². The summed E-state index contributed by atoms with van der Waals surface area (Å²) >= 11 is 0. The summed E-state index contributed by atoms with van der Waals surface area (Å²) in [5.41, 5.74) is 1.97. The summed E-state index contributed by atoms with van der Waals surface area (Å²) in [4.78, 5) is 38.7. The van der Waals surface area contributed by atoms with E-state index in [0.717, 1.165) is 12.4 Å². The zero-order chi connectivity index (χ0) is 26.6. The first kappa shape index (κ1) is 26.8. The first-order chi connectivity index (χ1) is 17.7. The maximum absolute atomic E-state index is 15.0. The molecule has 198 valence electrons. The van der Waals surface area contributed by atoms with E-state index in [9.17, 15) is 29.0 Å².